The number of methoxy groups -OCH3 is 1. The van der Waals surface area contributed by atoms with Crippen LogP contribution >= 0.6 is 22.9 Å². The third-order valence-electron chi connectivity index (χ3n) is 6.80. The largest absolute Gasteiger partial charge is 0.493 e. The van der Waals surface area contributed by atoms with E-state index in [0.717, 1.165) is 40.8 Å². The quantitative estimate of drug-likeness (QED) is 0.271. The average Bonchev–Trinajstić information content (AvgIpc) is 3.22. The van der Waals surface area contributed by atoms with Crippen LogP contribution < -0.4 is 24.4 Å². The molecule has 38 heavy (non-hydrogen) atoms. The first-order valence-electron chi connectivity index (χ1n) is 12.2. The Morgan fingerprint density at radius 2 is 1.87 bits per heavy atom. The van der Waals surface area contributed by atoms with Gasteiger partial charge in [-0.05, 0) is 65.4 Å². The summed E-state index contributed by atoms with van der Waals surface area (Å²) in [5.74, 6) is 0.303. The molecular formula is C30H23ClN2O4S. The number of allylic oxidation sites excluding steroid dienone is 1. The Morgan fingerprint density at radius 3 is 2.63 bits per heavy atom. The number of aromatic nitrogens is 1. The van der Waals surface area contributed by atoms with Crippen molar-refractivity contribution >= 4 is 40.7 Å². The van der Waals surface area contributed by atoms with Crippen LogP contribution in [0.15, 0.2) is 82.1 Å². The third-order valence-corrected chi connectivity index (χ3v) is 8.03. The van der Waals surface area contributed by atoms with Crippen LogP contribution in [0.4, 0.5) is 0 Å². The van der Waals surface area contributed by atoms with Gasteiger partial charge in [-0.25, -0.2) is 4.99 Å². The maximum Gasteiger partial charge on any atom is 0.308 e. The first kappa shape index (κ1) is 24.4. The van der Waals surface area contributed by atoms with Crippen molar-refractivity contribution in [3.8, 4) is 11.5 Å². The maximum absolute atomic E-state index is 13.9. The number of nitrogens with zero attached hydrogens (tertiary/aromatic N) is 2. The summed E-state index contributed by atoms with van der Waals surface area (Å²) in [5.41, 5.74) is 6.11. The molecule has 0 unspecified atom stereocenters. The smallest absolute Gasteiger partial charge is 0.308 e. The van der Waals surface area contributed by atoms with E-state index >= 15 is 0 Å². The van der Waals surface area contributed by atoms with Crippen molar-refractivity contribution in [1.82, 2.24) is 4.57 Å². The van der Waals surface area contributed by atoms with E-state index in [2.05, 4.69) is 18.2 Å². The van der Waals surface area contributed by atoms with Crippen molar-refractivity contribution in [1.29, 1.82) is 0 Å². The van der Waals surface area contributed by atoms with Gasteiger partial charge in [0.15, 0.2) is 16.3 Å². The second-order valence-electron chi connectivity index (χ2n) is 9.17. The first-order valence-corrected chi connectivity index (χ1v) is 13.4. The molecule has 8 heteroatoms. The van der Waals surface area contributed by atoms with Crippen LogP contribution in [0.1, 0.15) is 41.6 Å². The number of esters is 1. The van der Waals surface area contributed by atoms with Crippen LogP contribution in [0.3, 0.4) is 0 Å². The molecule has 6 nitrogen and oxygen atoms in total. The molecule has 0 radical (unpaired) electrons. The number of carbonyl (C=O) groups is 1. The average molecular weight is 543 g/mol. The number of ether oxygens (including phenoxy) is 2. The lowest BCUT2D eigenvalue weighted by molar-refractivity contribution is -0.132. The molecule has 3 aromatic carbocycles. The number of hydrogen-bond acceptors (Lipinski definition) is 6. The van der Waals surface area contributed by atoms with E-state index in [9.17, 15) is 9.59 Å². The summed E-state index contributed by atoms with van der Waals surface area (Å²) in [7, 11) is 1.51. The van der Waals surface area contributed by atoms with Crippen LogP contribution in [-0.4, -0.2) is 17.6 Å². The molecule has 1 aliphatic carbocycles. The Bertz CT molecular complexity index is 1800. The Hall–Kier alpha value is -3.94. The molecule has 0 spiro atoms. The lowest BCUT2D eigenvalue weighted by Gasteiger charge is -2.30. The molecule has 0 bridgehead atoms. The van der Waals surface area contributed by atoms with Gasteiger partial charge in [0.2, 0.25) is 0 Å². The minimum Gasteiger partial charge on any atom is -0.493 e. The number of hydrogen-bond donors (Lipinski definition) is 0. The minimum atomic E-state index is -0.433. The van der Waals surface area contributed by atoms with E-state index in [0.29, 0.717) is 25.9 Å². The van der Waals surface area contributed by atoms with Gasteiger partial charge >= 0.3 is 5.97 Å². The molecule has 0 saturated carbocycles. The van der Waals surface area contributed by atoms with Crippen molar-refractivity contribution in [2.75, 3.05) is 7.11 Å². The lowest BCUT2D eigenvalue weighted by atomic mass is 9.83. The van der Waals surface area contributed by atoms with Gasteiger partial charge in [-0.15, -0.1) is 0 Å². The van der Waals surface area contributed by atoms with Crippen LogP contribution in [0, 0.1) is 0 Å². The van der Waals surface area contributed by atoms with E-state index in [1.807, 2.05) is 36.4 Å². The van der Waals surface area contributed by atoms with E-state index in [4.69, 9.17) is 26.1 Å². The molecule has 0 N–H and O–H groups in total. The molecule has 6 rings (SSSR count). The minimum absolute atomic E-state index is 0.109. The number of carbonyl (C=O) groups excluding carboxylic acids is 1. The molecule has 1 aliphatic heterocycles. The first-order chi connectivity index (χ1) is 18.4. The number of halogens is 1. The van der Waals surface area contributed by atoms with Gasteiger partial charge < -0.3 is 9.47 Å². The van der Waals surface area contributed by atoms with Crippen molar-refractivity contribution in [2.45, 2.75) is 25.8 Å². The Kier molecular flexibility index (Phi) is 6.26. The second kappa shape index (κ2) is 9.74. The number of fused-ring (bicyclic) bond motifs is 3. The van der Waals surface area contributed by atoms with Gasteiger partial charge in [-0.2, -0.15) is 0 Å². The zero-order chi connectivity index (χ0) is 26.4. The van der Waals surface area contributed by atoms with Crippen molar-refractivity contribution < 1.29 is 14.3 Å². The maximum atomic E-state index is 13.9. The van der Waals surface area contributed by atoms with Crippen molar-refractivity contribution in [3.63, 3.8) is 0 Å². The molecule has 1 aromatic heterocycles. The fourth-order valence-corrected chi connectivity index (χ4v) is 6.26. The molecule has 0 fully saturated rings. The number of rotatable bonds is 4. The predicted molar refractivity (Wildman–Crippen MR) is 149 cm³/mol. The summed E-state index contributed by atoms with van der Waals surface area (Å²) < 4.78 is 13.0. The summed E-state index contributed by atoms with van der Waals surface area (Å²) in [6.45, 7) is 1.34. The molecule has 2 heterocycles. The predicted octanol–water partition coefficient (Wildman–Crippen LogP) is 4.91. The summed E-state index contributed by atoms with van der Waals surface area (Å²) in [6.07, 6.45) is 3.54. The third kappa shape index (κ3) is 4.27. The van der Waals surface area contributed by atoms with Gasteiger partial charge in [-0.1, -0.05) is 65.4 Å². The molecule has 1 atom stereocenters. The number of benzene rings is 3. The normalized spacial score (nSPS) is 16.3. The molecule has 190 valence electrons. The summed E-state index contributed by atoms with van der Waals surface area (Å²) in [4.78, 5) is 31.0. The van der Waals surface area contributed by atoms with Gasteiger partial charge in [0.05, 0.1) is 23.4 Å². The molecule has 2 aliphatic rings. The van der Waals surface area contributed by atoms with Gasteiger partial charge in [0.1, 0.15) is 0 Å². The van der Waals surface area contributed by atoms with Crippen LogP contribution in [0.5, 0.6) is 11.5 Å². The van der Waals surface area contributed by atoms with Crippen LogP contribution in [0.2, 0.25) is 5.02 Å². The zero-order valence-corrected chi connectivity index (χ0v) is 22.3. The Labute approximate surface area is 227 Å². The number of aryl methyl sites for hydroxylation is 1. The fraction of sp³-hybridized carbons (Fsp3) is 0.167. The number of thiazole rings is 1. The fourth-order valence-electron chi connectivity index (χ4n) is 5.13. The van der Waals surface area contributed by atoms with Gasteiger partial charge in [0.25, 0.3) is 5.56 Å². The molecule has 0 amide bonds. The van der Waals surface area contributed by atoms with E-state index in [-0.39, 0.29) is 11.6 Å². The van der Waals surface area contributed by atoms with Crippen molar-refractivity contribution in [3.05, 3.63) is 119 Å². The Balaban J connectivity index is 1.54. The van der Waals surface area contributed by atoms with Crippen LogP contribution in [0.25, 0.3) is 11.8 Å². The summed E-state index contributed by atoms with van der Waals surface area (Å²) in [6, 6.07) is 21.0. The van der Waals surface area contributed by atoms with E-state index in [1.165, 1.54) is 30.9 Å². The standard InChI is InChI=1S/C30H23ClN2O4S/c1-17(34)37-24-14-7-18(15-25(24)36-2)16-26-29(35)33-28(20-8-11-21(31)12-9-20)23-13-10-19-5-3-4-6-22(19)27(23)32-30(33)38-26/h3-9,11-12,14-16,28H,10,13H2,1-2H3/b26-16+/t28-/m0/s1. The van der Waals surface area contributed by atoms with Crippen LogP contribution in [-0.2, 0) is 11.2 Å². The van der Waals surface area contributed by atoms with Crippen molar-refractivity contribution in [2.24, 2.45) is 4.99 Å². The second-order valence-corrected chi connectivity index (χ2v) is 10.6. The van der Waals surface area contributed by atoms with Gasteiger partial charge in [-0.3, -0.25) is 14.2 Å². The summed E-state index contributed by atoms with van der Waals surface area (Å²) >= 11 is 7.56. The van der Waals surface area contributed by atoms with E-state index in [1.54, 1.807) is 22.8 Å². The summed E-state index contributed by atoms with van der Waals surface area (Å²) in [5, 5.41) is 0.649. The lowest BCUT2D eigenvalue weighted by Crippen LogP contribution is -2.38. The monoisotopic (exact) mass is 542 g/mol. The highest BCUT2D eigenvalue weighted by atomic mass is 35.5. The topological polar surface area (TPSA) is 69.9 Å². The van der Waals surface area contributed by atoms with Gasteiger partial charge in [0, 0.05) is 17.5 Å². The Morgan fingerprint density at radius 1 is 1.08 bits per heavy atom. The SMILES string of the molecule is COc1cc(/C=c2/sc3n(c2=O)[C@@H](c2ccc(Cl)cc2)C2=C(N=3)c3ccccc3CC2)ccc1OC(C)=O. The molecule has 4 aromatic rings. The molecule has 0 saturated heterocycles. The zero-order valence-electron chi connectivity index (χ0n) is 20.7. The highest BCUT2D eigenvalue weighted by molar-refractivity contribution is 7.07. The highest BCUT2D eigenvalue weighted by Gasteiger charge is 2.32. The van der Waals surface area contributed by atoms with E-state index < -0.39 is 5.97 Å². The highest BCUT2D eigenvalue weighted by Crippen LogP contribution is 2.41. The molecular weight excluding hydrogens is 520 g/mol.